The van der Waals surface area contributed by atoms with Gasteiger partial charge in [0.05, 0.1) is 11.0 Å². The van der Waals surface area contributed by atoms with E-state index in [4.69, 9.17) is 0 Å². The molecule has 0 radical (unpaired) electrons. The first-order chi connectivity index (χ1) is 14.3. The van der Waals surface area contributed by atoms with Crippen LogP contribution in [0.3, 0.4) is 0 Å². The van der Waals surface area contributed by atoms with Crippen LogP contribution >= 0.6 is 0 Å². The van der Waals surface area contributed by atoms with Crippen molar-refractivity contribution in [3.8, 4) is 0 Å². The highest BCUT2D eigenvalue weighted by Crippen LogP contribution is 2.19. The molecule has 2 aromatic rings. The van der Waals surface area contributed by atoms with Crippen LogP contribution in [0.5, 0.6) is 0 Å². The van der Waals surface area contributed by atoms with Gasteiger partial charge >= 0.3 is 0 Å². The molecular weight excluding hydrogens is 406 g/mol. The third kappa shape index (κ3) is 5.05. The summed E-state index contributed by atoms with van der Waals surface area (Å²) in [7, 11) is -3.69. The normalized spacial score (nSPS) is 16.1. The molecule has 1 aliphatic heterocycles. The van der Waals surface area contributed by atoms with Crippen molar-refractivity contribution in [1.29, 1.82) is 0 Å². The Morgan fingerprint density at radius 2 is 1.60 bits per heavy atom. The molecule has 1 atom stereocenters. The first-order valence-electron chi connectivity index (χ1n) is 9.66. The highest BCUT2D eigenvalue weighted by Gasteiger charge is 2.29. The fraction of sp³-hybridized carbons (Fsp3) is 0.333. The van der Waals surface area contributed by atoms with E-state index in [9.17, 15) is 23.1 Å². The minimum atomic E-state index is -3.69. The molecule has 2 aromatic carbocycles. The molecule has 1 aliphatic rings. The van der Waals surface area contributed by atoms with Crippen molar-refractivity contribution in [3.63, 3.8) is 0 Å². The summed E-state index contributed by atoms with van der Waals surface area (Å²) in [5.74, 6) is -0.469. The van der Waals surface area contributed by atoms with E-state index in [0.29, 0.717) is 24.2 Å². The average Bonchev–Trinajstić information content (AvgIpc) is 2.78. The molecule has 0 aliphatic carbocycles. The van der Waals surface area contributed by atoms with E-state index in [-0.39, 0.29) is 30.4 Å². The zero-order chi connectivity index (χ0) is 21.7. The zero-order valence-electron chi connectivity index (χ0n) is 16.7. The van der Waals surface area contributed by atoms with E-state index in [1.807, 2.05) is 6.07 Å². The molecule has 30 heavy (non-hydrogen) atoms. The molecule has 0 bridgehead atoms. The number of piperazine rings is 1. The summed E-state index contributed by atoms with van der Waals surface area (Å²) in [4.78, 5) is 25.4. The van der Waals surface area contributed by atoms with E-state index in [1.54, 1.807) is 29.2 Å². The number of hydrogen-bond acceptors (Lipinski definition) is 5. The van der Waals surface area contributed by atoms with Gasteiger partial charge in [0.2, 0.25) is 15.9 Å². The van der Waals surface area contributed by atoms with Gasteiger partial charge < -0.3 is 15.3 Å². The van der Waals surface area contributed by atoms with Gasteiger partial charge in [-0.05, 0) is 29.8 Å². The molecule has 1 unspecified atom stereocenters. The largest absolute Gasteiger partial charge is 0.387 e. The molecule has 1 heterocycles. The lowest BCUT2D eigenvalue weighted by Crippen LogP contribution is -2.49. The van der Waals surface area contributed by atoms with Gasteiger partial charge in [0, 0.05) is 45.2 Å². The van der Waals surface area contributed by atoms with Crippen molar-refractivity contribution < 1.29 is 23.1 Å². The number of carbonyl (C=O) groups excluding carboxylic acids is 2. The maximum absolute atomic E-state index is 12.8. The van der Waals surface area contributed by atoms with Crippen LogP contribution in [0.1, 0.15) is 28.9 Å². The maximum atomic E-state index is 12.8. The third-order valence-electron chi connectivity index (χ3n) is 5.08. The Bertz CT molecular complexity index is 985. The Kier molecular flexibility index (Phi) is 6.86. The second-order valence-electron chi connectivity index (χ2n) is 7.07. The highest BCUT2D eigenvalue weighted by atomic mass is 32.2. The minimum Gasteiger partial charge on any atom is -0.387 e. The van der Waals surface area contributed by atoms with Crippen molar-refractivity contribution in [2.24, 2.45) is 0 Å². The van der Waals surface area contributed by atoms with Crippen LogP contribution < -0.4 is 5.32 Å². The van der Waals surface area contributed by atoms with Crippen LogP contribution in [0.4, 0.5) is 0 Å². The number of rotatable bonds is 6. The summed E-state index contributed by atoms with van der Waals surface area (Å²) in [5.41, 5.74) is 1.000. The second kappa shape index (κ2) is 9.38. The summed E-state index contributed by atoms with van der Waals surface area (Å²) < 4.78 is 27.0. The number of aliphatic hydroxyl groups is 1. The SMILES string of the molecule is CC(=O)N1CCN(S(=O)(=O)c2ccc(C(=O)NCC(O)c3ccccc3)cc2)CC1. The summed E-state index contributed by atoms with van der Waals surface area (Å²) in [5, 5.41) is 12.8. The predicted octanol–water partition coefficient (Wildman–Crippen LogP) is 1.00. The number of carbonyl (C=O) groups is 2. The first kappa shape index (κ1) is 21.9. The quantitative estimate of drug-likeness (QED) is 0.710. The van der Waals surface area contributed by atoms with Crippen molar-refractivity contribution in [1.82, 2.24) is 14.5 Å². The van der Waals surface area contributed by atoms with E-state index < -0.39 is 22.0 Å². The molecule has 8 nitrogen and oxygen atoms in total. The van der Waals surface area contributed by atoms with Gasteiger partial charge in [-0.1, -0.05) is 30.3 Å². The Balaban J connectivity index is 1.60. The summed E-state index contributed by atoms with van der Waals surface area (Å²) in [6, 6.07) is 14.7. The molecule has 0 spiro atoms. The number of nitrogens with zero attached hydrogens (tertiary/aromatic N) is 2. The number of sulfonamides is 1. The Morgan fingerprint density at radius 1 is 1.00 bits per heavy atom. The maximum Gasteiger partial charge on any atom is 0.251 e. The molecule has 1 fully saturated rings. The van der Waals surface area contributed by atoms with E-state index in [2.05, 4.69) is 5.32 Å². The smallest absolute Gasteiger partial charge is 0.251 e. The standard InChI is InChI=1S/C21H25N3O5S/c1-16(25)23-11-13-24(14-12-23)30(28,29)19-9-7-18(8-10-19)21(27)22-15-20(26)17-5-3-2-4-6-17/h2-10,20,26H,11-15H2,1H3,(H,22,27). The molecule has 2 N–H and O–H groups in total. The Morgan fingerprint density at radius 3 is 2.17 bits per heavy atom. The lowest BCUT2D eigenvalue weighted by Gasteiger charge is -2.33. The number of aliphatic hydroxyl groups excluding tert-OH is 1. The topological polar surface area (TPSA) is 107 Å². The summed E-state index contributed by atoms with van der Waals surface area (Å²) in [6.45, 7) is 2.71. The molecular formula is C21H25N3O5S. The number of benzene rings is 2. The van der Waals surface area contributed by atoms with Crippen molar-refractivity contribution >= 4 is 21.8 Å². The van der Waals surface area contributed by atoms with Gasteiger partial charge in [-0.25, -0.2) is 8.42 Å². The van der Waals surface area contributed by atoms with Gasteiger partial charge in [-0.15, -0.1) is 0 Å². The molecule has 1 saturated heterocycles. The van der Waals surface area contributed by atoms with Crippen LogP contribution in [0, 0.1) is 0 Å². The van der Waals surface area contributed by atoms with Gasteiger partial charge in [-0.3, -0.25) is 9.59 Å². The lowest BCUT2D eigenvalue weighted by molar-refractivity contribution is -0.129. The van der Waals surface area contributed by atoms with Crippen LogP contribution in [0.15, 0.2) is 59.5 Å². The number of amides is 2. The van der Waals surface area contributed by atoms with Crippen LogP contribution in [-0.2, 0) is 14.8 Å². The van der Waals surface area contributed by atoms with Gasteiger partial charge in [0.15, 0.2) is 0 Å². The van der Waals surface area contributed by atoms with Crippen LogP contribution in [-0.4, -0.2) is 67.3 Å². The van der Waals surface area contributed by atoms with E-state index in [1.165, 1.54) is 35.5 Å². The minimum absolute atomic E-state index is 0.0450. The highest BCUT2D eigenvalue weighted by molar-refractivity contribution is 7.89. The number of hydrogen-bond donors (Lipinski definition) is 2. The average molecular weight is 432 g/mol. The van der Waals surface area contributed by atoms with Crippen LogP contribution in [0.2, 0.25) is 0 Å². The second-order valence-corrected chi connectivity index (χ2v) is 9.01. The van der Waals surface area contributed by atoms with E-state index >= 15 is 0 Å². The Labute approximate surface area is 176 Å². The van der Waals surface area contributed by atoms with Crippen molar-refractivity contribution in [3.05, 3.63) is 65.7 Å². The van der Waals surface area contributed by atoms with Gasteiger partial charge in [-0.2, -0.15) is 4.31 Å². The molecule has 2 amide bonds. The fourth-order valence-electron chi connectivity index (χ4n) is 3.26. The molecule has 3 rings (SSSR count). The fourth-order valence-corrected chi connectivity index (χ4v) is 4.68. The van der Waals surface area contributed by atoms with Gasteiger partial charge in [0.25, 0.3) is 5.91 Å². The number of nitrogens with one attached hydrogen (secondary N) is 1. The first-order valence-corrected chi connectivity index (χ1v) is 11.1. The lowest BCUT2D eigenvalue weighted by atomic mass is 10.1. The Hall–Kier alpha value is -2.75. The summed E-state index contributed by atoms with van der Waals surface area (Å²) in [6.07, 6.45) is -0.830. The zero-order valence-corrected chi connectivity index (χ0v) is 17.5. The van der Waals surface area contributed by atoms with Crippen molar-refractivity contribution in [2.75, 3.05) is 32.7 Å². The van der Waals surface area contributed by atoms with Crippen LogP contribution in [0.25, 0.3) is 0 Å². The van der Waals surface area contributed by atoms with E-state index in [0.717, 1.165) is 0 Å². The van der Waals surface area contributed by atoms with Crippen molar-refractivity contribution in [2.45, 2.75) is 17.9 Å². The predicted molar refractivity (Wildman–Crippen MR) is 111 cm³/mol. The van der Waals surface area contributed by atoms with Gasteiger partial charge in [0.1, 0.15) is 0 Å². The molecule has 0 aromatic heterocycles. The third-order valence-corrected chi connectivity index (χ3v) is 6.99. The molecule has 160 valence electrons. The summed E-state index contributed by atoms with van der Waals surface area (Å²) >= 11 is 0. The monoisotopic (exact) mass is 431 g/mol. The molecule has 9 heteroatoms. The molecule has 0 saturated carbocycles.